The normalized spacial score (nSPS) is 10.9. The Kier molecular flexibility index (Phi) is 2.00. The molecule has 1 aromatic carbocycles. The maximum absolute atomic E-state index is 10.9. The van der Waals surface area contributed by atoms with Gasteiger partial charge in [-0.2, -0.15) is 0 Å². The Morgan fingerprint density at radius 1 is 1.54 bits per heavy atom. The quantitative estimate of drug-likeness (QED) is 0.834. The molecule has 1 heterocycles. The number of aryl methyl sites for hydroxylation is 1. The number of oxazole rings is 1. The number of hydrogen-bond acceptors (Lipinski definition) is 2. The van der Waals surface area contributed by atoms with E-state index in [-0.39, 0.29) is 0 Å². The van der Waals surface area contributed by atoms with E-state index in [0.717, 1.165) is 22.0 Å². The lowest BCUT2D eigenvalue weighted by molar-refractivity contribution is 0.552. The zero-order valence-corrected chi connectivity index (χ0v) is 8.64. The summed E-state index contributed by atoms with van der Waals surface area (Å²) >= 11 is 3.37. The van der Waals surface area contributed by atoms with Gasteiger partial charge in [-0.05, 0) is 24.1 Å². The number of benzene rings is 1. The largest absolute Gasteiger partial charge is 0.417 e. The van der Waals surface area contributed by atoms with E-state index >= 15 is 0 Å². The average Bonchev–Trinajstić information content (AvgIpc) is 2.43. The van der Waals surface area contributed by atoms with Crippen LogP contribution in [0.5, 0.6) is 0 Å². The summed E-state index contributed by atoms with van der Waals surface area (Å²) in [6.07, 6.45) is 0.844. The van der Waals surface area contributed by atoms with Crippen molar-refractivity contribution in [2.24, 2.45) is 0 Å². The van der Waals surface area contributed by atoms with Crippen LogP contribution in [-0.2, 0) is 6.42 Å². The summed E-state index contributed by atoms with van der Waals surface area (Å²) in [6.45, 7) is 2.02. The molecule has 2 rings (SSSR count). The van der Waals surface area contributed by atoms with Gasteiger partial charge in [-0.3, -0.25) is 4.98 Å². The molecule has 0 saturated carbocycles. The number of fused-ring (bicyclic) bond motifs is 1. The van der Waals surface area contributed by atoms with Crippen molar-refractivity contribution in [2.45, 2.75) is 13.3 Å². The van der Waals surface area contributed by atoms with Crippen LogP contribution in [0, 0.1) is 0 Å². The predicted octanol–water partition coefficient (Wildman–Crippen LogP) is 2.45. The van der Waals surface area contributed by atoms with Crippen LogP contribution in [0.15, 0.2) is 25.8 Å². The van der Waals surface area contributed by atoms with Crippen molar-refractivity contribution in [1.29, 1.82) is 0 Å². The van der Waals surface area contributed by atoms with E-state index in [9.17, 15) is 4.79 Å². The van der Waals surface area contributed by atoms with Gasteiger partial charge in [0.05, 0.1) is 5.52 Å². The predicted molar refractivity (Wildman–Crippen MR) is 53.9 cm³/mol. The molecule has 0 bridgehead atoms. The summed E-state index contributed by atoms with van der Waals surface area (Å²) in [5.41, 5.74) is 2.44. The van der Waals surface area contributed by atoms with Crippen molar-refractivity contribution in [3.05, 3.63) is 32.7 Å². The van der Waals surface area contributed by atoms with E-state index in [1.54, 1.807) is 0 Å². The highest BCUT2D eigenvalue weighted by Crippen LogP contribution is 2.22. The Balaban J connectivity index is 2.88. The summed E-state index contributed by atoms with van der Waals surface area (Å²) in [6, 6.07) is 3.79. The molecule has 0 aliphatic heterocycles. The highest BCUT2D eigenvalue weighted by atomic mass is 79.9. The van der Waals surface area contributed by atoms with Crippen LogP contribution in [0.1, 0.15) is 12.5 Å². The molecule has 0 saturated heterocycles. The summed E-state index contributed by atoms with van der Waals surface area (Å²) in [4.78, 5) is 13.6. The molecule has 1 aromatic heterocycles. The van der Waals surface area contributed by atoms with E-state index in [2.05, 4.69) is 20.9 Å². The van der Waals surface area contributed by atoms with Crippen LogP contribution in [0.4, 0.5) is 0 Å². The molecule has 0 radical (unpaired) electrons. The van der Waals surface area contributed by atoms with Gasteiger partial charge in [-0.1, -0.05) is 22.9 Å². The Labute approximate surface area is 82.9 Å². The maximum atomic E-state index is 10.9. The number of halogens is 1. The van der Waals surface area contributed by atoms with Crippen LogP contribution >= 0.6 is 15.9 Å². The first kappa shape index (κ1) is 8.56. The first-order valence-corrected chi connectivity index (χ1v) is 4.81. The van der Waals surface area contributed by atoms with Gasteiger partial charge in [0.15, 0.2) is 5.58 Å². The second-order valence-electron chi connectivity index (χ2n) is 2.81. The standard InChI is InChI=1S/C9H8BrNO2/c1-2-5-3-6(10)4-7-8(5)13-9(12)11-7/h3-4H,2H2,1H3,(H,11,12). The number of nitrogens with one attached hydrogen (secondary N) is 1. The summed E-state index contributed by atoms with van der Waals surface area (Å²) in [5.74, 6) is -0.400. The second-order valence-corrected chi connectivity index (χ2v) is 3.73. The highest BCUT2D eigenvalue weighted by Gasteiger charge is 2.06. The van der Waals surface area contributed by atoms with E-state index in [0.29, 0.717) is 5.58 Å². The minimum Gasteiger partial charge on any atom is -0.408 e. The van der Waals surface area contributed by atoms with Gasteiger partial charge >= 0.3 is 5.76 Å². The minimum atomic E-state index is -0.400. The molecule has 0 aliphatic rings. The first-order chi connectivity index (χ1) is 6.20. The zero-order chi connectivity index (χ0) is 9.42. The highest BCUT2D eigenvalue weighted by molar-refractivity contribution is 9.10. The number of aromatic amines is 1. The lowest BCUT2D eigenvalue weighted by Gasteiger charge is -1.97. The van der Waals surface area contributed by atoms with Gasteiger partial charge in [-0.25, -0.2) is 4.79 Å². The number of aromatic nitrogens is 1. The average molecular weight is 242 g/mol. The lowest BCUT2D eigenvalue weighted by atomic mass is 10.1. The van der Waals surface area contributed by atoms with Gasteiger partial charge in [0.2, 0.25) is 0 Å². The molecule has 0 spiro atoms. The Morgan fingerprint density at radius 3 is 3.00 bits per heavy atom. The third kappa shape index (κ3) is 1.42. The van der Waals surface area contributed by atoms with Gasteiger partial charge in [0, 0.05) is 4.47 Å². The molecule has 0 aliphatic carbocycles. The van der Waals surface area contributed by atoms with E-state index in [1.165, 1.54) is 0 Å². The maximum Gasteiger partial charge on any atom is 0.417 e. The van der Waals surface area contributed by atoms with Crippen molar-refractivity contribution in [3.63, 3.8) is 0 Å². The fourth-order valence-corrected chi connectivity index (χ4v) is 1.86. The summed E-state index contributed by atoms with van der Waals surface area (Å²) in [7, 11) is 0. The topological polar surface area (TPSA) is 46.0 Å². The zero-order valence-electron chi connectivity index (χ0n) is 7.06. The van der Waals surface area contributed by atoms with Crippen LogP contribution in [0.2, 0.25) is 0 Å². The molecule has 4 heteroatoms. The van der Waals surface area contributed by atoms with Crippen LogP contribution in [0.3, 0.4) is 0 Å². The van der Waals surface area contributed by atoms with Crippen LogP contribution in [-0.4, -0.2) is 4.98 Å². The molecule has 3 nitrogen and oxygen atoms in total. The SMILES string of the molecule is CCc1cc(Br)cc2[nH]c(=O)oc12. The van der Waals surface area contributed by atoms with Gasteiger partial charge in [-0.15, -0.1) is 0 Å². The lowest BCUT2D eigenvalue weighted by Crippen LogP contribution is -1.92. The molecule has 0 atom stereocenters. The van der Waals surface area contributed by atoms with Crippen molar-refractivity contribution in [2.75, 3.05) is 0 Å². The van der Waals surface area contributed by atoms with Crippen LogP contribution in [0.25, 0.3) is 11.1 Å². The van der Waals surface area contributed by atoms with Crippen molar-refractivity contribution in [3.8, 4) is 0 Å². The van der Waals surface area contributed by atoms with Gasteiger partial charge in [0.1, 0.15) is 0 Å². The van der Waals surface area contributed by atoms with E-state index in [1.807, 2.05) is 19.1 Å². The Hall–Kier alpha value is -1.03. The molecule has 0 unspecified atom stereocenters. The third-order valence-corrected chi connectivity index (χ3v) is 2.40. The van der Waals surface area contributed by atoms with Crippen molar-refractivity contribution in [1.82, 2.24) is 4.98 Å². The smallest absolute Gasteiger partial charge is 0.408 e. The Bertz CT molecular complexity index is 498. The summed E-state index contributed by atoms with van der Waals surface area (Å²) < 4.78 is 5.97. The monoisotopic (exact) mass is 241 g/mol. The van der Waals surface area contributed by atoms with Crippen LogP contribution < -0.4 is 5.76 Å². The number of rotatable bonds is 1. The molecule has 2 aromatic rings. The summed E-state index contributed by atoms with van der Waals surface area (Å²) in [5, 5.41) is 0. The Morgan fingerprint density at radius 2 is 2.31 bits per heavy atom. The van der Waals surface area contributed by atoms with Crippen molar-refractivity contribution < 1.29 is 4.42 Å². The molecule has 13 heavy (non-hydrogen) atoms. The first-order valence-electron chi connectivity index (χ1n) is 4.02. The molecular formula is C9H8BrNO2. The third-order valence-electron chi connectivity index (χ3n) is 1.94. The van der Waals surface area contributed by atoms with Gasteiger partial charge in [0.25, 0.3) is 0 Å². The van der Waals surface area contributed by atoms with Gasteiger partial charge < -0.3 is 4.42 Å². The molecule has 0 amide bonds. The van der Waals surface area contributed by atoms with E-state index in [4.69, 9.17) is 4.42 Å². The molecule has 1 N–H and O–H groups in total. The fourth-order valence-electron chi connectivity index (χ4n) is 1.35. The van der Waals surface area contributed by atoms with Crippen molar-refractivity contribution >= 4 is 27.0 Å². The van der Waals surface area contributed by atoms with E-state index < -0.39 is 5.76 Å². The number of hydrogen-bond donors (Lipinski definition) is 1. The fraction of sp³-hybridized carbons (Fsp3) is 0.222. The molecule has 68 valence electrons. The molecular weight excluding hydrogens is 234 g/mol. The minimum absolute atomic E-state index is 0.400. The molecule has 0 fully saturated rings. The number of H-pyrrole nitrogens is 1. The second kappa shape index (κ2) is 3.03.